The van der Waals surface area contributed by atoms with Crippen molar-refractivity contribution in [2.75, 3.05) is 6.54 Å². The fraction of sp³-hybridized carbons (Fsp3) is 0.778. The first-order valence-electron chi connectivity index (χ1n) is 4.28. The fourth-order valence-corrected chi connectivity index (χ4v) is 1.24. The Morgan fingerprint density at radius 3 is 2.08 bits per heavy atom. The molecular formula is C9H17NO2. The molecule has 0 aromatic heterocycles. The third-order valence-corrected chi connectivity index (χ3v) is 1.74. The number of nitrogens with one attached hydrogen (secondary N) is 1. The number of Topliss-reactive ketones (excluding diaryl/α,β-unsaturated/α-hetero) is 1. The van der Waals surface area contributed by atoms with E-state index in [4.69, 9.17) is 0 Å². The highest BCUT2D eigenvalue weighted by Crippen LogP contribution is 2.11. The largest absolute Gasteiger partial charge is 0.356 e. The summed E-state index contributed by atoms with van der Waals surface area (Å²) in [5.41, 5.74) is 0. The zero-order chi connectivity index (χ0) is 9.72. The number of hydrogen-bond acceptors (Lipinski definition) is 2. The van der Waals surface area contributed by atoms with Crippen LogP contribution >= 0.6 is 0 Å². The van der Waals surface area contributed by atoms with Crippen LogP contribution in [0.2, 0.25) is 0 Å². The number of amides is 1. The normalized spacial score (nSPS) is 12.8. The van der Waals surface area contributed by atoms with Crippen molar-refractivity contribution in [2.45, 2.75) is 27.7 Å². The van der Waals surface area contributed by atoms with Gasteiger partial charge in [-0.1, -0.05) is 13.8 Å². The summed E-state index contributed by atoms with van der Waals surface area (Å²) in [4.78, 5) is 22.3. The zero-order valence-corrected chi connectivity index (χ0v) is 8.18. The smallest absolute Gasteiger partial charge is 0.230 e. The molecule has 0 heterocycles. The molecule has 1 N–H and O–H groups in total. The highest BCUT2D eigenvalue weighted by molar-refractivity contribution is 6.00. The molecule has 70 valence electrons. The average molecular weight is 171 g/mol. The van der Waals surface area contributed by atoms with Gasteiger partial charge in [0.1, 0.15) is 5.78 Å². The Morgan fingerprint density at radius 1 is 1.33 bits per heavy atom. The van der Waals surface area contributed by atoms with Crippen LogP contribution in [-0.4, -0.2) is 18.2 Å². The zero-order valence-electron chi connectivity index (χ0n) is 8.18. The Bertz CT molecular complexity index is 175. The highest BCUT2D eigenvalue weighted by atomic mass is 16.2. The first kappa shape index (κ1) is 11.1. The van der Waals surface area contributed by atoms with Gasteiger partial charge in [0.15, 0.2) is 0 Å². The molecule has 12 heavy (non-hydrogen) atoms. The number of carbonyl (C=O) groups is 2. The van der Waals surface area contributed by atoms with Gasteiger partial charge in [-0.05, 0) is 19.8 Å². The standard InChI is InChI=1S/C9H17NO2/c1-5-10-9(12)8(6(2)3)7(4)11/h6,8H,5H2,1-4H3,(H,10,12). The van der Waals surface area contributed by atoms with Crippen molar-refractivity contribution in [3.05, 3.63) is 0 Å². The van der Waals surface area contributed by atoms with Crippen molar-refractivity contribution in [2.24, 2.45) is 11.8 Å². The van der Waals surface area contributed by atoms with Gasteiger partial charge in [0.2, 0.25) is 5.91 Å². The maximum Gasteiger partial charge on any atom is 0.230 e. The van der Waals surface area contributed by atoms with Gasteiger partial charge >= 0.3 is 0 Å². The second-order valence-electron chi connectivity index (χ2n) is 3.23. The Kier molecular flexibility index (Phi) is 4.55. The maximum absolute atomic E-state index is 11.3. The van der Waals surface area contributed by atoms with Crippen molar-refractivity contribution in [3.63, 3.8) is 0 Å². The van der Waals surface area contributed by atoms with Gasteiger partial charge in [-0.15, -0.1) is 0 Å². The van der Waals surface area contributed by atoms with Gasteiger partial charge in [-0.3, -0.25) is 9.59 Å². The molecule has 0 fully saturated rings. The van der Waals surface area contributed by atoms with E-state index in [-0.39, 0.29) is 17.6 Å². The summed E-state index contributed by atoms with van der Waals surface area (Å²) in [6.07, 6.45) is 0. The molecule has 0 aliphatic carbocycles. The van der Waals surface area contributed by atoms with Gasteiger partial charge in [0, 0.05) is 6.54 Å². The van der Waals surface area contributed by atoms with E-state index in [9.17, 15) is 9.59 Å². The topological polar surface area (TPSA) is 46.2 Å². The number of ketones is 1. The van der Waals surface area contributed by atoms with Crippen LogP contribution in [0.1, 0.15) is 27.7 Å². The van der Waals surface area contributed by atoms with E-state index >= 15 is 0 Å². The van der Waals surface area contributed by atoms with Crippen LogP contribution in [0.5, 0.6) is 0 Å². The lowest BCUT2D eigenvalue weighted by Crippen LogP contribution is -2.37. The maximum atomic E-state index is 11.3. The lowest BCUT2D eigenvalue weighted by atomic mass is 9.91. The van der Waals surface area contributed by atoms with E-state index in [2.05, 4.69) is 5.32 Å². The van der Waals surface area contributed by atoms with E-state index in [0.717, 1.165) is 0 Å². The molecule has 3 nitrogen and oxygen atoms in total. The minimum atomic E-state index is -0.482. The van der Waals surface area contributed by atoms with Gasteiger partial charge in [-0.25, -0.2) is 0 Å². The summed E-state index contributed by atoms with van der Waals surface area (Å²) >= 11 is 0. The molecule has 0 saturated heterocycles. The molecule has 0 aliphatic rings. The van der Waals surface area contributed by atoms with Crippen LogP contribution in [0.15, 0.2) is 0 Å². The molecule has 0 aromatic rings. The summed E-state index contributed by atoms with van der Waals surface area (Å²) in [6, 6.07) is 0. The molecule has 0 radical (unpaired) electrons. The molecule has 0 saturated carbocycles. The van der Waals surface area contributed by atoms with E-state index in [1.54, 1.807) is 0 Å². The first-order chi connectivity index (χ1) is 5.50. The van der Waals surface area contributed by atoms with Crippen LogP contribution in [0.4, 0.5) is 0 Å². The first-order valence-corrected chi connectivity index (χ1v) is 4.28. The van der Waals surface area contributed by atoms with Crippen molar-refractivity contribution in [3.8, 4) is 0 Å². The molecule has 1 amide bonds. The summed E-state index contributed by atoms with van der Waals surface area (Å²) in [5, 5.41) is 2.65. The van der Waals surface area contributed by atoms with E-state index in [1.807, 2.05) is 20.8 Å². The van der Waals surface area contributed by atoms with Crippen LogP contribution in [0.25, 0.3) is 0 Å². The summed E-state index contributed by atoms with van der Waals surface area (Å²) < 4.78 is 0. The Morgan fingerprint density at radius 2 is 1.83 bits per heavy atom. The van der Waals surface area contributed by atoms with Crippen molar-refractivity contribution < 1.29 is 9.59 Å². The molecule has 0 spiro atoms. The van der Waals surface area contributed by atoms with Crippen LogP contribution in [0.3, 0.4) is 0 Å². The Balaban J connectivity index is 4.30. The SMILES string of the molecule is CCNC(=O)C(C(C)=O)C(C)C. The molecule has 0 aromatic carbocycles. The van der Waals surface area contributed by atoms with E-state index in [1.165, 1.54) is 6.92 Å². The molecule has 3 heteroatoms. The summed E-state index contributed by atoms with van der Waals surface area (Å²) in [5.74, 6) is -0.616. The van der Waals surface area contributed by atoms with Crippen LogP contribution < -0.4 is 5.32 Å². The second-order valence-corrected chi connectivity index (χ2v) is 3.23. The molecule has 1 unspecified atom stereocenters. The van der Waals surface area contributed by atoms with Crippen LogP contribution in [-0.2, 0) is 9.59 Å². The van der Waals surface area contributed by atoms with Crippen molar-refractivity contribution >= 4 is 11.7 Å². The molecular weight excluding hydrogens is 154 g/mol. The lowest BCUT2D eigenvalue weighted by Gasteiger charge is -2.16. The lowest BCUT2D eigenvalue weighted by molar-refractivity contribution is -0.134. The predicted molar refractivity (Wildman–Crippen MR) is 47.7 cm³/mol. The minimum Gasteiger partial charge on any atom is -0.356 e. The van der Waals surface area contributed by atoms with Gasteiger partial charge in [0.25, 0.3) is 0 Å². The summed E-state index contributed by atoms with van der Waals surface area (Å²) in [6.45, 7) is 7.63. The number of carbonyl (C=O) groups excluding carboxylic acids is 2. The highest BCUT2D eigenvalue weighted by Gasteiger charge is 2.25. The van der Waals surface area contributed by atoms with E-state index < -0.39 is 5.92 Å². The van der Waals surface area contributed by atoms with Gasteiger partial charge in [-0.2, -0.15) is 0 Å². The summed E-state index contributed by atoms with van der Waals surface area (Å²) in [7, 11) is 0. The third kappa shape index (κ3) is 3.03. The predicted octanol–water partition coefficient (Wildman–Crippen LogP) is 0.984. The molecule has 0 aliphatic heterocycles. The van der Waals surface area contributed by atoms with Crippen molar-refractivity contribution in [1.29, 1.82) is 0 Å². The third-order valence-electron chi connectivity index (χ3n) is 1.74. The average Bonchev–Trinajstić information content (AvgIpc) is 1.85. The van der Waals surface area contributed by atoms with Gasteiger partial charge < -0.3 is 5.32 Å². The van der Waals surface area contributed by atoms with Crippen LogP contribution in [0, 0.1) is 11.8 Å². The Hall–Kier alpha value is -0.860. The minimum absolute atomic E-state index is 0.0593. The quantitative estimate of drug-likeness (QED) is 0.641. The fourth-order valence-electron chi connectivity index (χ4n) is 1.24. The Labute approximate surface area is 73.5 Å². The van der Waals surface area contributed by atoms with Crippen molar-refractivity contribution in [1.82, 2.24) is 5.32 Å². The molecule has 0 rings (SSSR count). The van der Waals surface area contributed by atoms with E-state index in [0.29, 0.717) is 6.54 Å². The monoisotopic (exact) mass is 171 g/mol. The molecule has 0 bridgehead atoms. The van der Waals surface area contributed by atoms with Gasteiger partial charge in [0.05, 0.1) is 5.92 Å². The second kappa shape index (κ2) is 4.91. The molecule has 1 atom stereocenters. The number of hydrogen-bond donors (Lipinski definition) is 1. The number of rotatable bonds is 4.